The molecule has 1 unspecified atom stereocenters. The van der Waals surface area contributed by atoms with Gasteiger partial charge in [0.2, 0.25) is 5.91 Å². The van der Waals surface area contributed by atoms with E-state index < -0.39 is 0 Å². The van der Waals surface area contributed by atoms with Crippen molar-refractivity contribution >= 4 is 24.0 Å². The lowest BCUT2D eigenvalue weighted by Gasteiger charge is -2.18. The van der Waals surface area contributed by atoms with Gasteiger partial charge in [-0.25, -0.2) is 0 Å². The molecule has 3 N–H and O–H groups in total. The zero-order valence-corrected chi connectivity index (χ0v) is 11.6. The summed E-state index contributed by atoms with van der Waals surface area (Å²) in [5.74, 6) is -0.469. The summed E-state index contributed by atoms with van der Waals surface area (Å²) in [4.78, 5) is 13.6. The van der Waals surface area contributed by atoms with Crippen LogP contribution in [0.2, 0.25) is 0 Å². The van der Waals surface area contributed by atoms with Crippen LogP contribution in [0.15, 0.2) is 18.2 Å². The highest BCUT2D eigenvalue weighted by Crippen LogP contribution is 2.26. The highest BCUT2D eigenvalue weighted by Gasteiger charge is 2.23. The molecule has 1 atom stereocenters. The number of amides is 1. The van der Waals surface area contributed by atoms with Crippen molar-refractivity contribution in [3.05, 3.63) is 29.3 Å². The fourth-order valence-corrected chi connectivity index (χ4v) is 2.25. The minimum Gasteiger partial charge on any atom is -0.378 e. The number of rotatable bonds is 2. The SMILES string of the molecule is CN(C)c1ccc2c(c1)C(C(N)=O)CNCC2.Cl. The predicted molar refractivity (Wildman–Crippen MR) is 76.5 cm³/mol. The second-order valence-corrected chi connectivity index (χ2v) is 4.69. The molecular formula is C13H20ClN3O. The molecule has 1 heterocycles. The monoisotopic (exact) mass is 269 g/mol. The molecule has 1 aromatic carbocycles. The van der Waals surface area contributed by atoms with E-state index in [0.717, 1.165) is 24.2 Å². The van der Waals surface area contributed by atoms with E-state index in [-0.39, 0.29) is 24.2 Å². The van der Waals surface area contributed by atoms with Gasteiger partial charge in [0.25, 0.3) is 0 Å². The summed E-state index contributed by atoms with van der Waals surface area (Å²) in [6.07, 6.45) is 0.951. The highest BCUT2D eigenvalue weighted by molar-refractivity contribution is 5.85. The number of carbonyl (C=O) groups excluding carboxylic acids is 1. The average molecular weight is 270 g/mol. The molecule has 2 rings (SSSR count). The van der Waals surface area contributed by atoms with Gasteiger partial charge in [0, 0.05) is 26.3 Å². The number of hydrogen-bond acceptors (Lipinski definition) is 3. The Morgan fingerprint density at radius 1 is 1.44 bits per heavy atom. The first kappa shape index (κ1) is 14.8. The Kier molecular flexibility index (Phi) is 4.99. The number of primary amides is 1. The van der Waals surface area contributed by atoms with Crippen LogP contribution in [0.3, 0.4) is 0 Å². The fraction of sp³-hybridized carbons (Fsp3) is 0.462. The lowest BCUT2D eigenvalue weighted by atomic mass is 9.92. The Labute approximate surface area is 114 Å². The molecule has 4 nitrogen and oxygen atoms in total. The van der Waals surface area contributed by atoms with Gasteiger partial charge < -0.3 is 16.0 Å². The first-order chi connectivity index (χ1) is 8.09. The molecule has 0 aliphatic carbocycles. The molecule has 0 saturated carbocycles. The zero-order chi connectivity index (χ0) is 12.4. The molecule has 0 radical (unpaired) electrons. The van der Waals surface area contributed by atoms with Crippen molar-refractivity contribution in [2.24, 2.45) is 5.73 Å². The average Bonchev–Trinajstić information content (AvgIpc) is 2.49. The first-order valence-electron chi connectivity index (χ1n) is 5.90. The third-order valence-corrected chi connectivity index (χ3v) is 3.28. The fourth-order valence-electron chi connectivity index (χ4n) is 2.25. The van der Waals surface area contributed by atoms with Gasteiger partial charge in [-0.3, -0.25) is 4.79 Å². The van der Waals surface area contributed by atoms with Crippen LogP contribution in [-0.4, -0.2) is 33.1 Å². The van der Waals surface area contributed by atoms with Gasteiger partial charge >= 0.3 is 0 Å². The van der Waals surface area contributed by atoms with E-state index in [1.165, 1.54) is 5.56 Å². The van der Waals surface area contributed by atoms with Crippen molar-refractivity contribution < 1.29 is 4.79 Å². The van der Waals surface area contributed by atoms with Crippen LogP contribution in [-0.2, 0) is 11.2 Å². The maximum absolute atomic E-state index is 11.5. The summed E-state index contributed by atoms with van der Waals surface area (Å²) in [5, 5.41) is 3.26. The van der Waals surface area contributed by atoms with Gasteiger partial charge in [0.05, 0.1) is 5.92 Å². The molecule has 1 aliphatic rings. The molecule has 100 valence electrons. The topological polar surface area (TPSA) is 58.4 Å². The number of nitrogens with zero attached hydrogens (tertiary/aromatic N) is 1. The van der Waals surface area contributed by atoms with Crippen molar-refractivity contribution in [1.82, 2.24) is 5.32 Å². The molecule has 0 aromatic heterocycles. The van der Waals surface area contributed by atoms with Gasteiger partial charge in [-0.1, -0.05) is 6.07 Å². The van der Waals surface area contributed by atoms with Crippen LogP contribution in [0.5, 0.6) is 0 Å². The quantitative estimate of drug-likeness (QED) is 0.838. The van der Waals surface area contributed by atoms with Crippen molar-refractivity contribution in [2.75, 3.05) is 32.1 Å². The summed E-state index contributed by atoms with van der Waals surface area (Å²) < 4.78 is 0. The number of carbonyl (C=O) groups is 1. The van der Waals surface area contributed by atoms with E-state index in [2.05, 4.69) is 23.5 Å². The van der Waals surface area contributed by atoms with Crippen LogP contribution in [0.1, 0.15) is 17.0 Å². The number of nitrogens with one attached hydrogen (secondary N) is 1. The molecule has 0 fully saturated rings. The van der Waals surface area contributed by atoms with Gasteiger partial charge in [0.1, 0.15) is 0 Å². The molecule has 0 saturated heterocycles. The predicted octanol–water partition coefficient (Wildman–Crippen LogP) is 0.889. The van der Waals surface area contributed by atoms with Crippen LogP contribution in [0.25, 0.3) is 0 Å². The van der Waals surface area contributed by atoms with Crippen LogP contribution < -0.4 is 16.0 Å². The molecule has 5 heteroatoms. The Balaban J connectivity index is 0.00000162. The molecule has 1 aliphatic heterocycles. The van der Waals surface area contributed by atoms with E-state index in [4.69, 9.17) is 5.73 Å². The van der Waals surface area contributed by atoms with Crippen LogP contribution in [0.4, 0.5) is 5.69 Å². The number of anilines is 1. The van der Waals surface area contributed by atoms with Crippen LogP contribution >= 0.6 is 12.4 Å². The van der Waals surface area contributed by atoms with Crippen molar-refractivity contribution in [1.29, 1.82) is 0 Å². The number of benzene rings is 1. The van der Waals surface area contributed by atoms with Crippen molar-refractivity contribution in [2.45, 2.75) is 12.3 Å². The number of nitrogens with two attached hydrogens (primary N) is 1. The van der Waals surface area contributed by atoms with Gasteiger partial charge in [0.15, 0.2) is 0 Å². The Hall–Kier alpha value is -1.26. The van der Waals surface area contributed by atoms with E-state index >= 15 is 0 Å². The molecule has 18 heavy (non-hydrogen) atoms. The Morgan fingerprint density at radius 3 is 2.78 bits per heavy atom. The second kappa shape index (κ2) is 6.07. The van der Waals surface area contributed by atoms with Gasteiger partial charge in [-0.15, -0.1) is 12.4 Å². The van der Waals surface area contributed by atoms with Crippen LogP contribution in [0, 0.1) is 0 Å². The zero-order valence-electron chi connectivity index (χ0n) is 10.8. The summed E-state index contributed by atoms with van der Waals surface area (Å²) in [6, 6.07) is 6.27. The van der Waals surface area contributed by atoms with Gasteiger partial charge in [-0.2, -0.15) is 0 Å². The number of hydrogen-bond donors (Lipinski definition) is 2. The van der Waals surface area contributed by atoms with Gasteiger partial charge in [-0.05, 0) is 36.2 Å². The standard InChI is InChI=1S/C13H19N3O.ClH/c1-16(2)10-4-3-9-5-6-15-8-12(13(14)17)11(9)7-10;/h3-4,7,12,15H,5-6,8H2,1-2H3,(H2,14,17);1H. The molecule has 1 amide bonds. The minimum absolute atomic E-state index is 0. The van der Waals surface area contributed by atoms with E-state index in [0.29, 0.717) is 6.54 Å². The first-order valence-corrected chi connectivity index (χ1v) is 5.90. The lowest BCUT2D eigenvalue weighted by Crippen LogP contribution is -2.30. The third kappa shape index (κ3) is 2.94. The summed E-state index contributed by atoms with van der Waals surface area (Å²) in [6.45, 7) is 1.54. The highest BCUT2D eigenvalue weighted by atomic mass is 35.5. The van der Waals surface area contributed by atoms with E-state index in [1.807, 2.05) is 19.0 Å². The molecular weight excluding hydrogens is 250 g/mol. The van der Waals surface area contributed by atoms with E-state index in [9.17, 15) is 4.79 Å². The Morgan fingerprint density at radius 2 is 2.17 bits per heavy atom. The number of halogens is 1. The molecule has 1 aromatic rings. The molecule has 0 spiro atoms. The normalized spacial score (nSPS) is 18.2. The largest absolute Gasteiger partial charge is 0.378 e. The summed E-state index contributed by atoms with van der Waals surface area (Å²) in [7, 11) is 3.99. The molecule has 0 bridgehead atoms. The minimum atomic E-state index is -0.253. The second-order valence-electron chi connectivity index (χ2n) is 4.69. The number of fused-ring (bicyclic) bond motifs is 1. The Bertz CT molecular complexity index is 434. The van der Waals surface area contributed by atoms with E-state index in [1.54, 1.807) is 0 Å². The lowest BCUT2D eigenvalue weighted by molar-refractivity contribution is -0.119. The summed E-state index contributed by atoms with van der Waals surface area (Å²) >= 11 is 0. The maximum Gasteiger partial charge on any atom is 0.226 e. The smallest absolute Gasteiger partial charge is 0.226 e. The third-order valence-electron chi connectivity index (χ3n) is 3.28. The van der Waals surface area contributed by atoms with Crippen molar-refractivity contribution in [3.8, 4) is 0 Å². The van der Waals surface area contributed by atoms with Crippen molar-refractivity contribution in [3.63, 3.8) is 0 Å². The maximum atomic E-state index is 11.5. The summed E-state index contributed by atoms with van der Waals surface area (Å²) in [5.41, 5.74) is 8.90.